The number of carbonyl (C=O) groups is 1. The van der Waals surface area contributed by atoms with Crippen molar-refractivity contribution in [3.63, 3.8) is 0 Å². The van der Waals surface area contributed by atoms with Gasteiger partial charge in [0.15, 0.2) is 11.5 Å². The lowest BCUT2D eigenvalue weighted by molar-refractivity contribution is 0.0707. The number of amides is 1. The van der Waals surface area contributed by atoms with E-state index in [4.69, 9.17) is 8.94 Å². The third-order valence-electron chi connectivity index (χ3n) is 3.19. The van der Waals surface area contributed by atoms with Gasteiger partial charge in [-0.15, -0.1) is 11.3 Å². The van der Waals surface area contributed by atoms with E-state index in [-0.39, 0.29) is 5.91 Å². The molecule has 3 aromatic heterocycles. The van der Waals surface area contributed by atoms with Crippen LogP contribution >= 0.6 is 11.3 Å². The lowest BCUT2D eigenvalue weighted by Crippen LogP contribution is -2.31. The average molecular weight is 316 g/mol. The summed E-state index contributed by atoms with van der Waals surface area (Å²) in [4.78, 5) is 15.2. The normalized spacial score (nSPS) is 10.8. The van der Waals surface area contributed by atoms with Gasteiger partial charge < -0.3 is 13.8 Å². The summed E-state index contributed by atoms with van der Waals surface area (Å²) in [5, 5.41) is 6.05. The Morgan fingerprint density at radius 1 is 1.36 bits per heavy atom. The molecule has 0 radical (unpaired) electrons. The highest BCUT2D eigenvalue weighted by atomic mass is 32.1. The van der Waals surface area contributed by atoms with Crippen LogP contribution in [-0.4, -0.2) is 22.5 Å². The summed E-state index contributed by atoms with van der Waals surface area (Å²) in [7, 11) is 0. The highest BCUT2D eigenvalue weighted by molar-refractivity contribution is 7.13. The van der Waals surface area contributed by atoms with Crippen LogP contribution in [0.3, 0.4) is 0 Å². The monoisotopic (exact) mass is 316 g/mol. The molecule has 0 aromatic carbocycles. The molecule has 5 nitrogen and oxygen atoms in total. The Morgan fingerprint density at radius 3 is 2.95 bits per heavy atom. The van der Waals surface area contributed by atoms with E-state index in [1.165, 1.54) is 6.26 Å². The zero-order valence-electron chi connectivity index (χ0n) is 12.2. The maximum atomic E-state index is 12.4. The van der Waals surface area contributed by atoms with E-state index in [1.807, 2.05) is 30.5 Å². The molecule has 0 saturated carbocycles. The van der Waals surface area contributed by atoms with E-state index in [0.29, 0.717) is 18.8 Å². The third kappa shape index (κ3) is 3.12. The first kappa shape index (κ1) is 14.6. The van der Waals surface area contributed by atoms with E-state index < -0.39 is 0 Å². The largest absolute Gasteiger partial charge is 0.459 e. The summed E-state index contributed by atoms with van der Waals surface area (Å²) in [6.45, 7) is 3.07. The van der Waals surface area contributed by atoms with Gasteiger partial charge in [-0.25, -0.2) is 0 Å². The van der Waals surface area contributed by atoms with Crippen LogP contribution in [0.4, 0.5) is 0 Å². The summed E-state index contributed by atoms with van der Waals surface area (Å²) >= 11 is 1.59. The van der Waals surface area contributed by atoms with Gasteiger partial charge in [0.25, 0.3) is 5.91 Å². The number of aromatic nitrogens is 1. The topological polar surface area (TPSA) is 59.5 Å². The number of nitrogens with zero attached hydrogens (tertiary/aromatic N) is 2. The molecule has 0 fully saturated rings. The molecular formula is C16H16N2O3S. The van der Waals surface area contributed by atoms with Crippen molar-refractivity contribution >= 4 is 17.2 Å². The Morgan fingerprint density at radius 2 is 2.27 bits per heavy atom. The molecule has 0 saturated heterocycles. The van der Waals surface area contributed by atoms with Gasteiger partial charge in [-0.3, -0.25) is 4.79 Å². The minimum absolute atomic E-state index is 0.132. The van der Waals surface area contributed by atoms with Crippen LogP contribution in [0.2, 0.25) is 0 Å². The molecule has 3 rings (SSSR count). The van der Waals surface area contributed by atoms with Gasteiger partial charge in [0.1, 0.15) is 5.69 Å². The molecule has 0 N–H and O–H groups in total. The summed E-state index contributed by atoms with van der Waals surface area (Å²) in [5.41, 5.74) is 0.733. The van der Waals surface area contributed by atoms with Crippen molar-refractivity contribution in [2.45, 2.75) is 19.9 Å². The number of furan rings is 1. The number of hydrogen-bond donors (Lipinski definition) is 0. The van der Waals surface area contributed by atoms with Crippen molar-refractivity contribution < 1.29 is 13.7 Å². The molecule has 0 bridgehead atoms. The molecule has 3 heterocycles. The predicted octanol–water partition coefficient (Wildman–Crippen LogP) is 4.05. The first-order chi connectivity index (χ1) is 10.8. The molecule has 0 spiro atoms. The first-order valence-corrected chi connectivity index (χ1v) is 7.98. The molecule has 6 heteroatoms. The van der Waals surface area contributed by atoms with Crippen LogP contribution in [-0.2, 0) is 6.54 Å². The summed E-state index contributed by atoms with van der Waals surface area (Å²) in [6, 6.07) is 9.20. The van der Waals surface area contributed by atoms with Crippen LogP contribution in [0.15, 0.2) is 50.9 Å². The Bertz CT molecular complexity index is 717. The lowest BCUT2D eigenvalue weighted by atomic mass is 10.2. The predicted molar refractivity (Wildman–Crippen MR) is 83.6 cm³/mol. The molecule has 0 atom stereocenters. The van der Waals surface area contributed by atoms with Crippen molar-refractivity contribution in [1.29, 1.82) is 0 Å². The van der Waals surface area contributed by atoms with Crippen molar-refractivity contribution in [3.8, 4) is 10.6 Å². The quantitative estimate of drug-likeness (QED) is 0.688. The number of hydrogen-bond acceptors (Lipinski definition) is 5. The summed E-state index contributed by atoms with van der Waals surface area (Å²) < 4.78 is 10.5. The highest BCUT2D eigenvalue weighted by Gasteiger charge is 2.19. The van der Waals surface area contributed by atoms with Gasteiger partial charge in [-0.05, 0) is 30.0 Å². The second-order valence-electron chi connectivity index (χ2n) is 4.86. The van der Waals surface area contributed by atoms with Crippen molar-refractivity contribution in [1.82, 2.24) is 10.1 Å². The van der Waals surface area contributed by atoms with Crippen molar-refractivity contribution in [2.75, 3.05) is 6.54 Å². The molecule has 0 aliphatic carbocycles. The Kier molecular flexibility index (Phi) is 4.39. The van der Waals surface area contributed by atoms with Crippen LogP contribution in [0.25, 0.3) is 10.6 Å². The zero-order valence-corrected chi connectivity index (χ0v) is 13.0. The Hall–Kier alpha value is -2.34. The fourth-order valence-corrected chi connectivity index (χ4v) is 2.87. The molecule has 3 aromatic rings. The maximum Gasteiger partial charge on any atom is 0.289 e. The van der Waals surface area contributed by atoms with Gasteiger partial charge in [-0.2, -0.15) is 0 Å². The molecule has 0 unspecified atom stereocenters. The van der Waals surface area contributed by atoms with E-state index >= 15 is 0 Å². The minimum Gasteiger partial charge on any atom is -0.459 e. The minimum atomic E-state index is -0.132. The van der Waals surface area contributed by atoms with E-state index in [1.54, 1.807) is 28.4 Å². The van der Waals surface area contributed by atoms with Crippen LogP contribution < -0.4 is 0 Å². The van der Waals surface area contributed by atoms with Gasteiger partial charge in [-0.1, -0.05) is 18.1 Å². The molecule has 114 valence electrons. The second kappa shape index (κ2) is 6.62. The smallest absolute Gasteiger partial charge is 0.289 e. The fourth-order valence-electron chi connectivity index (χ4n) is 2.20. The van der Waals surface area contributed by atoms with Gasteiger partial charge >= 0.3 is 0 Å². The number of rotatable bonds is 6. The Labute approximate surface area is 132 Å². The average Bonchev–Trinajstić information content (AvgIpc) is 3.26. The molecule has 0 aliphatic rings. The molecule has 1 amide bonds. The number of thiophene rings is 1. The highest BCUT2D eigenvalue weighted by Crippen LogP contribution is 2.25. The van der Waals surface area contributed by atoms with Gasteiger partial charge in [0.2, 0.25) is 0 Å². The Balaban J connectivity index is 1.75. The SMILES string of the molecule is CCCN(Cc1cc(-c2cccs2)on1)C(=O)c1ccco1. The summed E-state index contributed by atoms with van der Waals surface area (Å²) in [6.07, 6.45) is 2.37. The maximum absolute atomic E-state index is 12.4. The van der Waals surface area contributed by atoms with Gasteiger partial charge in [0.05, 0.1) is 17.7 Å². The first-order valence-electron chi connectivity index (χ1n) is 7.10. The van der Waals surface area contributed by atoms with Crippen molar-refractivity contribution in [2.24, 2.45) is 0 Å². The molecular weight excluding hydrogens is 300 g/mol. The third-order valence-corrected chi connectivity index (χ3v) is 4.07. The van der Waals surface area contributed by atoms with E-state index in [9.17, 15) is 4.79 Å². The van der Waals surface area contributed by atoms with E-state index in [2.05, 4.69) is 5.16 Å². The number of carbonyl (C=O) groups excluding carboxylic acids is 1. The van der Waals surface area contributed by atoms with Crippen LogP contribution in [0.5, 0.6) is 0 Å². The molecule has 0 aliphatic heterocycles. The lowest BCUT2D eigenvalue weighted by Gasteiger charge is -2.19. The fraction of sp³-hybridized carbons (Fsp3) is 0.250. The van der Waals surface area contributed by atoms with Gasteiger partial charge in [0, 0.05) is 12.6 Å². The zero-order chi connectivity index (χ0) is 15.4. The van der Waals surface area contributed by atoms with Crippen LogP contribution in [0, 0.1) is 0 Å². The second-order valence-corrected chi connectivity index (χ2v) is 5.81. The standard InChI is InChI=1S/C16H16N2O3S/c1-2-7-18(16(19)13-5-3-8-20-13)11-12-10-14(21-17-12)15-6-4-9-22-15/h3-6,8-10H,2,7,11H2,1H3. The van der Waals surface area contributed by atoms with E-state index in [0.717, 1.165) is 22.8 Å². The molecule has 22 heavy (non-hydrogen) atoms. The van der Waals surface area contributed by atoms with Crippen LogP contribution in [0.1, 0.15) is 29.6 Å². The van der Waals surface area contributed by atoms with Crippen molar-refractivity contribution in [3.05, 3.63) is 53.4 Å². The summed E-state index contributed by atoms with van der Waals surface area (Å²) in [5.74, 6) is 0.940.